The number of piperidine rings is 1. The molecule has 1 aliphatic rings. The first-order valence-electron chi connectivity index (χ1n) is 5.61. The molecule has 0 atom stereocenters. The van der Waals surface area contributed by atoms with Crippen LogP contribution in [0.15, 0.2) is 0 Å². The average molecular weight is 252 g/mol. The van der Waals surface area contributed by atoms with Gasteiger partial charge in [-0.2, -0.15) is 0 Å². The largest absolute Gasteiger partial charge is 0.390 e. The Labute approximate surface area is 98.5 Å². The SMILES string of the molecule is O=C(COC1CCNCC1)NCC(F)(F)CO. The summed E-state index contributed by atoms with van der Waals surface area (Å²) in [6.45, 7) is -0.670. The van der Waals surface area contributed by atoms with E-state index in [0.717, 1.165) is 25.9 Å². The van der Waals surface area contributed by atoms with Crippen LogP contribution < -0.4 is 10.6 Å². The van der Waals surface area contributed by atoms with E-state index >= 15 is 0 Å². The second-order valence-electron chi connectivity index (χ2n) is 4.05. The number of aliphatic hydroxyl groups is 1. The Kier molecular flexibility index (Phi) is 5.73. The number of hydrogen-bond acceptors (Lipinski definition) is 4. The number of amides is 1. The summed E-state index contributed by atoms with van der Waals surface area (Å²) in [4.78, 5) is 11.2. The molecular formula is C10H18F2N2O3. The fourth-order valence-corrected chi connectivity index (χ4v) is 1.49. The Bertz CT molecular complexity index is 246. The van der Waals surface area contributed by atoms with E-state index in [1.165, 1.54) is 0 Å². The second kappa shape index (κ2) is 6.83. The molecule has 1 aliphatic heterocycles. The molecule has 0 aromatic heterocycles. The summed E-state index contributed by atoms with van der Waals surface area (Å²) in [6, 6.07) is 0. The Morgan fingerprint density at radius 2 is 2.12 bits per heavy atom. The number of halogens is 2. The van der Waals surface area contributed by atoms with Gasteiger partial charge in [-0.1, -0.05) is 0 Å². The molecule has 0 aliphatic carbocycles. The van der Waals surface area contributed by atoms with Crippen molar-refractivity contribution in [2.24, 2.45) is 0 Å². The third-order valence-electron chi connectivity index (χ3n) is 2.51. The lowest BCUT2D eigenvalue weighted by molar-refractivity contribution is -0.131. The van der Waals surface area contributed by atoms with Crippen molar-refractivity contribution in [1.29, 1.82) is 0 Å². The lowest BCUT2D eigenvalue weighted by Gasteiger charge is -2.22. The highest BCUT2D eigenvalue weighted by molar-refractivity contribution is 5.77. The van der Waals surface area contributed by atoms with E-state index in [9.17, 15) is 13.6 Å². The van der Waals surface area contributed by atoms with Crippen LogP contribution in [0.25, 0.3) is 0 Å². The summed E-state index contributed by atoms with van der Waals surface area (Å²) >= 11 is 0. The molecule has 17 heavy (non-hydrogen) atoms. The summed E-state index contributed by atoms with van der Waals surface area (Å²) in [7, 11) is 0. The predicted molar refractivity (Wildman–Crippen MR) is 56.9 cm³/mol. The molecule has 7 heteroatoms. The Morgan fingerprint density at radius 1 is 1.47 bits per heavy atom. The molecule has 1 heterocycles. The summed E-state index contributed by atoms with van der Waals surface area (Å²) in [5.74, 6) is -3.86. The summed E-state index contributed by atoms with van der Waals surface area (Å²) in [6.07, 6.45) is 1.65. The molecule has 0 bridgehead atoms. The molecule has 0 aromatic carbocycles. The van der Waals surface area contributed by atoms with E-state index in [-0.39, 0.29) is 12.7 Å². The van der Waals surface area contributed by atoms with Crippen molar-refractivity contribution < 1.29 is 23.4 Å². The van der Waals surface area contributed by atoms with Gasteiger partial charge in [0.25, 0.3) is 5.92 Å². The highest BCUT2D eigenvalue weighted by Gasteiger charge is 2.28. The van der Waals surface area contributed by atoms with Gasteiger partial charge in [-0.15, -0.1) is 0 Å². The monoisotopic (exact) mass is 252 g/mol. The van der Waals surface area contributed by atoms with Crippen LogP contribution in [-0.4, -0.2) is 55.9 Å². The zero-order chi connectivity index (χ0) is 12.7. The number of alkyl halides is 2. The van der Waals surface area contributed by atoms with Crippen molar-refractivity contribution in [3.63, 3.8) is 0 Å². The van der Waals surface area contributed by atoms with E-state index in [4.69, 9.17) is 9.84 Å². The van der Waals surface area contributed by atoms with E-state index in [0.29, 0.717) is 0 Å². The molecule has 1 saturated heterocycles. The maximum Gasteiger partial charge on any atom is 0.287 e. The first-order valence-corrected chi connectivity index (χ1v) is 5.61. The Hall–Kier alpha value is -0.790. The van der Waals surface area contributed by atoms with Crippen LogP contribution in [0.1, 0.15) is 12.8 Å². The van der Waals surface area contributed by atoms with E-state index in [2.05, 4.69) is 5.32 Å². The zero-order valence-corrected chi connectivity index (χ0v) is 9.55. The van der Waals surface area contributed by atoms with Crippen molar-refractivity contribution in [2.75, 3.05) is 32.8 Å². The van der Waals surface area contributed by atoms with Crippen LogP contribution in [0.3, 0.4) is 0 Å². The van der Waals surface area contributed by atoms with Crippen LogP contribution in [0, 0.1) is 0 Å². The number of carbonyl (C=O) groups excluding carboxylic acids is 1. The molecule has 5 nitrogen and oxygen atoms in total. The standard InChI is InChI=1S/C10H18F2N2O3/c11-10(12,7-15)6-14-9(16)5-17-8-1-3-13-4-2-8/h8,13,15H,1-7H2,(H,14,16). The Balaban J connectivity index is 2.12. The van der Waals surface area contributed by atoms with Crippen molar-refractivity contribution >= 4 is 5.91 Å². The first-order chi connectivity index (χ1) is 8.03. The van der Waals surface area contributed by atoms with Gasteiger partial charge >= 0.3 is 0 Å². The molecule has 0 spiro atoms. The summed E-state index contributed by atoms with van der Waals surface area (Å²) < 4.78 is 30.5. The quantitative estimate of drug-likeness (QED) is 0.596. The molecule has 3 N–H and O–H groups in total. The smallest absolute Gasteiger partial charge is 0.287 e. The number of aliphatic hydroxyl groups excluding tert-OH is 1. The third kappa shape index (κ3) is 5.90. The zero-order valence-electron chi connectivity index (χ0n) is 9.55. The molecule has 1 fully saturated rings. The first kappa shape index (κ1) is 14.3. The van der Waals surface area contributed by atoms with Gasteiger partial charge in [-0.3, -0.25) is 4.79 Å². The van der Waals surface area contributed by atoms with Gasteiger partial charge in [0.1, 0.15) is 13.2 Å². The van der Waals surface area contributed by atoms with Crippen molar-refractivity contribution in [1.82, 2.24) is 10.6 Å². The van der Waals surface area contributed by atoms with Gasteiger partial charge in [0.15, 0.2) is 0 Å². The van der Waals surface area contributed by atoms with E-state index in [1.54, 1.807) is 0 Å². The lowest BCUT2D eigenvalue weighted by atomic mass is 10.1. The van der Waals surface area contributed by atoms with Gasteiger partial charge in [0.05, 0.1) is 12.6 Å². The van der Waals surface area contributed by atoms with Crippen molar-refractivity contribution in [2.45, 2.75) is 24.9 Å². The highest BCUT2D eigenvalue weighted by atomic mass is 19.3. The van der Waals surface area contributed by atoms with Gasteiger partial charge in [-0.05, 0) is 25.9 Å². The lowest BCUT2D eigenvalue weighted by Crippen LogP contribution is -2.41. The molecule has 0 saturated carbocycles. The van der Waals surface area contributed by atoms with Crippen LogP contribution in [0.2, 0.25) is 0 Å². The molecule has 100 valence electrons. The second-order valence-corrected chi connectivity index (χ2v) is 4.05. The van der Waals surface area contributed by atoms with Gasteiger partial charge in [-0.25, -0.2) is 8.78 Å². The number of hydrogen-bond donors (Lipinski definition) is 3. The molecule has 0 aromatic rings. The predicted octanol–water partition coefficient (Wildman–Crippen LogP) is -0.501. The van der Waals surface area contributed by atoms with E-state index < -0.39 is 25.0 Å². The topological polar surface area (TPSA) is 70.6 Å². The van der Waals surface area contributed by atoms with Gasteiger partial charge in [0, 0.05) is 0 Å². The van der Waals surface area contributed by atoms with Gasteiger partial charge in [0.2, 0.25) is 5.91 Å². The average Bonchev–Trinajstić information content (AvgIpc) is 2.35. The molecular weight excluding hydrogens is 234 g/mol. The maximum absolute atomic E-state index is 12.6. The number of rotatable bonds is 6. The third-order valence-corrected chi connectivity index (χ3v) is 2.51. The Morgan fingerprint density at radius 3 is 2.71 bits per heavy atom. The van der Waals surface area contributed by atoms with Crippen molar-refractivity contribution in [3.05, 3.63) is 0 Å². The molecule has 0 radical (unpaired) electrons. The minimum Gasteiger partial charge on any atom is -0.390 e. The summed E-state index contributed by atoms with van der Waals surface area (Å²) in [5.41, 5.74) is 0. The highest BCUT2D eigenvalue weighted by Crippen LogP contribution is 2.10. The van der Waals surface area contributed by atoms with Crippen LogP contribution in [-0.2, 0) is 9.53 Å². The van der Waals surface area contributed by atoms with E-state index in [1.807, 2.05) is 5.32 Å². The van der Waals surface area contributed by atoms with Crippen LogP contribution in [0.5, 0.6) is 0 Å². The molecule has 1 rings (SSSR count). The maximum atomic E-state index is 12.6. The fraction of sp³-hybridized carbons (Fsp3) is 0.900. The number of ether oxygens (including phenoxy) is 1. The van der Waals surface area contributed by atoms with Crippen molar-refractivity contribution in [3.8, 4) is 0 Å². The molecule has 0 unspecified atom stereocenters. The normalized spacial score (nSPS) is 18.1. The summed E-state index contributed by atoms with van der Waals surface area (Å²) in [5, 5.41) is 13.5. The number of nitrogens with one attached hydrogen (secondary N) is 2. The van der Waals surface area contributed by atoms with Crippen LogP contribution in [0.4, 0.5) is 8.78 Å². The minimum atomic E-state index is -3.27. The van der Waals surface area contributed by atoms with Crippen LogP contribution >= 0.6 is 0 Å². The molecule has 1 amide bonds. The number of carbonyl (C=O) groups is 1. The van der Waals surface area contributed by atoms with Gasteiger partial charge < -0.3 is 20.5 Å². The fourth-order valence-electron chi connectivity index (χ4n) is 1.49. The minimum absolute atomic E-state index is 0.0142.